The number of aliphatic imine (C=N–C) groups is 1. The van der Waals surface area contributed by atoms with Gasteiger partial charge in [-0.2, -0.15) is 0 Å². The maximum absolute atomic E-state index is 11.8. The Hall–Kier alpha value is -2.88. The van der Waals surface area contributed by atoms with Gasteiger partial charge in [0.1, 0.15) is 0 Å². The molecule has 4 aromatic rings. The molecule has 6 nitrogen and oxygen atoms in total. The smallest absolute Gasteiger partial charge is 0.183 e. The predicted molar refractivity (Wildman–Crippen MR) is 143 cm³/mol. The van der Waals surface area contributed by atoms with Gasteiger partial charge in [-0.15, -0.1) is 0 Å². The minimum atomic E-state index is -3.22. The summed E-state index contributed by atoms with van der Waals surface area (Å²) in [6.45, 7) is 0.739. The number of amidine groups is 1. The Balaban J connectivity index is 1.16. The molecule has 0 saturated carbocycles. The number of thiazole rings is 1. The van der Waals surface area contributed by atoms with E-state index >= 15 is 0 Å². The molecule has 3 aromatic carbocycles. The molecule has 9 heteroatoms. The van der Waals surface area contributed by atoms with Crippen molar-refractivity contribution in [2.24, 2.45) is 4.99 Å². The molecular formula is C25H24N4O2S3. The van der Waals surface area contributed by atoms with E-state index in [9.17, 15) is 8.42 Å². The van der Waals surface area contributed by atoms with Crippen LogP contribution in [-0.4, -0.2) is 37.1 Å². The number of anilines is 1. The molecule has 1 aliphatic rings. The zero-order chi connectivity index (χ0) is 23.5. The van der Waals surface area contributed by atoms with Gasteiger partial charge in [-0.3, -0.25) is 0 Å². The zero-order valence-corrected chi connectivity index (χ0v) is 21.0. The molecule has 5 rings (SSSR count). The second kappa shape index (κ2) is 9.77. The Morgan fingerprint density at radius 3 is 2.65 bits per heavy atom. The second-order valence-corrected chi connectivity index (χ2v) is 12.2. The van der Waals surface area contributed by atoms with Crippen LogP contribution in [0.25, 0.3) is 10.2 Å². The molecular weight excluding hydrogens is 485 g/mol. The third-order valence-corrected chi connectivity index (χ3v) is 8.60. The molecule has 0 radical (unpaired) electrons. The van der Waals surface area contributed by atoms with Gasteiger partial charge in [-0.1, -0.05) is 65.6 Å². The Kier molecular flexibility index (Phi) is 6.58. The highest BCUT2D eigenvalue weighted by Crippen LogP contribution is 2.29. The van der Waals surface area contributed by atoms with Gasteiger partial charge < -0.3 is 10.6 Å². The van der Waals surface area contributed by atoms with Crippen LogP contribution in [-0.2, 0) is 16.3 Å². The Morgan fingerprint density at radius 1 is 1.09 bits per heavy atom. The van der Waals surface area contributed by atoms with E-state index in [-0.39, 0.29) is 0 Å². The van der Waals surface area contributed by atoms with Gasteiger partial charge in [-0.05, 0) is 47.9 Å². The lowest BCUT2D eigenvalue weighted by Crippen LogP contribution is -2.18. The summed E-state index contributed by atoms with van der Waals surface area (Å²) in [6, 6.07) is 24.1. The fraction of sp³-hybridized carbons (Fsp3) is 0.200. The van der Waals surface area contributed by atoms with Crippen molar-refractivity contribution in [3.05, 3.63) is 83.9 Å². The first kappa shape index (κ1) is 22.9. The van der Waals surface area contributed by atoms with E-state index in [1.165, 1.54) is 28.7 Å². The number of fused-ring (bicyclic) bond motifs is 1. The third-order valence-electron chi connectivity index (χ3n) is 5.53. The molecule has 0 spiro atoms. The van der Waals surface area contributed by atoms with Crippen LogP contribution < -0.4 is 10.6 Å². The van der Waals surface area contributed by atoms with Crippen molar-refractivity contribution >= 4 is 59.1 Å². The number of thioether (sulfide) groups is 1. The largest absolute Gasteiger partial charge is 0.361 e. The highest BCUT2D eigenvalue weighted by Gasteiger charge is 2.21. The highest BCUT2D eigenvalue weighted by atomic mass is 32.2. The number of sulfone groups is 1. The van der Waals surface area contributed by atoms with Crippen LogP contribution in [0.2, 0.25) is 0 Å². The second-order valence-electron chi connectivity index (χ2n) is 8.10. The quantitative estimate of drug-likeness (QED) is 0.347. The van der Waals surface area contributed by atoms with E-state index in [1.807, 2.05) is 18.2 Å². The van der Waals surface area contributed by atoms with Crippen molar-refractivity contribution in [1.29, 1.82) is 0 Å². The zero-order valence-electron chi connectivity index (χ0n) is 18.6. The van der Waals surface area contributed by atoms with Crippen molar-refractivity contribution in [3.63, 3.8) is 0 Å². The van der Waals surface area contributed by atoms with Crippen LogP contribution in [0, 0.1) is 0 Å². The maximum Gasteiger partial charge on any atom is 0.183 e. The Morgan fingerprint density at radius 2 is 1.88 bits per heavy atom. The summed E-state index contributed by atoms with van der Waals surface area (Å²) in [5, 5.41) is 8.61. The molecule has 0 bridgehead atoms. The van der Waals surface area contributed by atoms with Gasteiger partial charge in [0.05, 0.1) is 26.8 Å². The normalized spacial score (nSPS) is 17.2. The van der Waals surface area contributed by atoms with Crippen LogP contribution in [0.1, 0.15) is 17.2 Å². The average Bonchev–Trinajstić information content (AvgIpc) is 3.46. The fourth-order valence-corrected chi connectivity index (χ4v) is 6.35. The van der Waals surface area contributed by atoms with Crippen molar-refractivity contribution in [2.45, 2.75) is 17.4 Å². The minimum absolute atomic E-state index is 0.302. The molecule has 1 fully saturated rings. The molecule has 1 aromatic heterocycles. The number of hydrogen-bond donors (Lipinski definition) is 2. The lowest BCUT2D eigenvalue weighted by molar-refractivity contribution is 0.602. The SMILES string of the molecule is CS(=O)(=O)c1ccc2nc(NCCc3ccc(/N=C4/N[C@@H](c5ccccc5)CS4)cc3)sc2c1. The molecule has 1 saturated heterocycles. The van der Waals surface area contributed by atoms with E-state index in [0.29, 0.717) is 10.9 Å². The molecule has 174 valence electrons. The summed E-state index contributed by atoms with van der Waals surface area (Å²) in [6.07, 6.45) is 2.07. The Bertz CT molecular complexity index is 1430. The highest BCUT2D eigenvalue weighted by molar-refractivity contribution is 8.14. The molecule has 1 atom stereocenters. The number of aromatic nitrogens is 1. The summed E-state index contributed by atoms with van der Waals surface area (Å²) in [7, 11) is -3.22. The number of rotatable bonds is 7. The van der Waals surface area contributed by atoms with Crippen LogP contribution in [0.3, 0.4) is 0 Å². The number of hydrogen-bond acceptors (Lipinski definition) is 7. The number of nitrogens with zero attached hydrogens (tertiary/aromatic N) is 2. The molecule has 2 heterocycles. The molecule has 0 amide bonds. The van der Waals surface area contributed by atoms with Gasteiger partial charge >= 0.3 is 0 Å². The summed E-state index contributed by atoms with van der Waals surface area (Å²) in [5.41, 5.74) is 4.24. The van der Waals surface area contributed by atoms with Crippen LogP contribution in [0.5, 0.6) is 0 Å². The average molecular weight is 509 g/mol. The van der Waals surface area contributed by atoms with Gasteiger partial charge in [0.15, 0.2) is 20.1 Å². The van der Waals surface area contributed by atoms with E-state index < -0.39 is 9.84 Å². The van der Waals surface area contributed by atoms with Gasteiger partial charge in [0.25, 0.3) is 0 Å². The van der Waals surface area contributed by atoms with Gasteiger partial charge in [0.2, 0.25) is 0 Å². The minimum Gasteiger partial charge on any atom is -0.361 e. The van der Waals surface area contributed by atoms with Crippen molar-refractivity contribution < 1.29 is 8.42 Å². The van der Waals surface area contributed by atoms with E-state index in [0.717, 1.165) is 44.9 Å². The molecule has 0 unspecified atom stereocenters. The van der Waals surface area contributed by atoms with Crippen molar-refractivity contribution in [2.75, 3.05) is 23.9 Å². The lowest BCUT2D eigenvalue weighted by atomic mass is 10.1. The van der Waals surface area contributed by atoms with Gasteiger partial charge in [0, 0.05) is 18.6 Å². The third kappa shape index (κ3) is 5.43. The summed E-state index contributed by atoms with van der Waals surface area (Å²) in [4.78, 5) is 9.63. The summed E-state index contributed by atoms with van der Waals surface area (Å²) >= 11 is 3.22. The Labute approximate surface area is 207 Å². The number of nitrogens with one attached hydrogen (secondary N) is 2. The standard InChI is InChI=1S/C25H24N4O2S3/c1-34(30,31)20-11-12-21-23(15-20)33-24(28-21)26-14-13-17-7-9-19(10-8-17)27-25-29-22(16-32-25)18-5-3-2-4-6-18/h2-12,15,22H,13-14,16H2,1H3,(H,26,28)(H,27,29)/t22-/m1/s1. The maximum atomic E-state index is 11.8. The summed E-state index contributed by atoms with van der Waals surface area (Å²) < 4.78 is 24.4. The molecule has 34 heavy (non-hydrogen) atoms. The van der Waals surface area contributed by atoms with Gasteiger partial charge in [-0.25, -0.2) is 18.4 Å². The first-order valence-corrected chi connectivity index (χ1v) is 14.6. The van der Waals surface area contributed by atoms with E-state index in [4.69, 9.17) is 4.99 Å². The number of benzene rings is 3. The van der Waals surface area contributed by atoms with Crippen LogP contribution in [0.4, 0.5) is 10.8 Å². The van der Waals surface area contributed by atoms with Crippen molar-refractivity contribution in [1.82, 2.24) is 10.3 Å². The first-order chi connectivity index (χ1) is 16.4. The fourth-order valence-electron chi connectivity index (χ4n) is 3.70. The van der Waals surface area contributed by atoms with E-state index in [2.05, 4.69) is 52.0 Å². The molecule has 0 aliphatic carbocycles. The van der Waals surface area contributed by atoms with Crippen LogP contribution >= 0.6 is 23.1 Å². The summed E-state index contributed by atoms with van der Waals surface area (Å²) in [5.74, 6) is 0.980. The first-order valence-electron chi connectivity index (χ1n) is 10.9. The molecule has 1 aliphatic heterocycles. The van der Waals surface area contributed by atoms with E-state index in [1.54, 1.807) is 30.0 Å². The predicted octanol–water partition coefficient (Wildman–Crippen LogP) is 5.42. The van der Waals surface area contributed by atoms with Crippen molar-refractivity contribution in [3.8, 4) is 0 Å². The van der Waals surface area contributed by atoms with Crippen LogP contribution in [0.15, 0.2) is 82.7 Å². The topological polar surface area (TPSA) is 83.5 Å². The molecule has 2 N–H and O–H groups in total. The lowest BCUT2D eigenvalue weighted by Gasteiger charge is -2.09. The monoisotopic (exact) mass is 508 g/mol.